The van der Waals surface area contributed by atoms with E-state index in [0.29, 0.717) is 0 Å². The minimum absolute atomic E-state index is 0.280. The molecule has 14 heavy (non-hydrogen) atoms. The Labute approximate surface area is 85.0 Å². The normalized spacial score (nSPS) is 18.1. The predicted molar refractivity (Wildman–Crippen MR) is 56.0 cm³/mol. The number of aromatic nitrogens is 2. The lowest BCUT2D eigenvalue weighted by Gasteiger charge is -2.08. The van der Waals surface area contributed by atoms with Crippen molar-refractivity contribution in [1.29, 1.82) is 0 Å². The Morgan fingerprint density at radius 2 is 2.29 bits per heavy atom. The molecule has 76 valence electrons. The molecule has 3 nitrogen and oxygen atoms in total. The number of hydrogen-bond donors (Lipinski definition) is 1. The lowest BCUT2D eigenvalue weighted by molar-refractivity contribution is 0.665. The van der Waals surface area contributed by atoms with Gasteiger partial charge in [-0.15, -0.1) is 0 Å². The average molecular weight is 191 g/mol. The standard InChI is InChI=1S/C11H17N3/c1-3-12-8-9-4-7-13-10(14-9)11(2)5-6-11/h4,7,12H,3,5-6,8H2,1-2H3. The molecule has 1 aromatic heterocycles. The highest BCUT2D eigenvalue weighted by molar-refractivity contribution is 5.17. The van der Waals surface area contributed by atoms with E-state index in [-0.39, 0.29) is 5.41 Å². The van der Waals surface area contributed by atoms with Gasteiger partial charge in [0.2, 0.25) is 0 Å². The summed E-state index contributed by atoms with van der Waals surface area (Å²) < 4.78 is 0. The SMILES string of the molecule is CCNCc1ccnc(C2(C)CC2)n1. The van der Waals surface area contributed by atoms with E-state index in [4.69, 9.17) is 0 Å². The van der Waals surface area contributed by atoms with E-state index < -0.39 is 0 Å². The van der Waals surface area contributed by atoms with E-state index >= 15 is 0 Å². The van der Waals surface area contributed by atoms with Gasteiger partial charge in [-0.1, -0.05) is 13.8 Å². The Bertz CT molecular complexity index is 318. The molecule has 1 aromatic rings. The Hall–Kier alpha value is -0.960. The second kappa shape index (κ2) is 3.65. The van der Waals surface area contributed by atoms with Crippen LogP contribution >= 0.6 is 0 Å². The quantitative estimate of drug-likeness (QED) is 0.786. The van der Waals surface area contributed by atoms with Gasteiger partial charge in [0.05, 0.1) is 5.69 Å². The smallest absolute Gasteiger partial charge is 0.134 e. The van der Waals surface area contributed by atoms with Crippen molar-refractivity contribution in [2.75, 3.05) is 6.54 Å². The molecule has 0 radical (unpaired) electrons. The van der Waals surface area contributed by atoms with Gasteiger partial charge in [0.15, 0.2) is 0 Å². The van der Waals surface area contributed by atoms with Crippen molar-refractivity contribution in [3.8, 4) is 0 Å². The summed E-state index contributed by atoms with van der Waals surface area (Å²) in [5.74, 6) is 1.02. The third-order valence-electron chi connectivity index (χ3n) is 2.81. The number of nitrogens with one attached hydrogen (secondary N) is 1. The molecular formula is C11H17N3. The van der Waals surface area contributed by atoms with Crippen molar-refractivity contribution >= 4 is 0 Å². The number of hydrogen-bond acceptors (Lipinski definition) is 3. The Morgan fingerprint density at radius 1 is 1.50 bits per heavy atom. The first-order valence-electron chi connectivity index (χ1n) is 5.28. The van der Waals surface area contributed by atoms with E-state index in [1.54, 1.807) is 0 Å². The van der Waals surface area contributed by atoms with Crippen molar-refractivity contribution in [3.05, 3.63) is 23.8 Å². The second-order valence-corrected chi connectivity index (χ2v) is 4.21. The van der Waals surface area contributed by atoms with Crippen molar-refractivity contribution in [2.45, 2.75) is 38.6 Å². The van der Waals surface area contributed by atoms with Crippen LogP contribution in [0.25, 0.3) is 0 Å². The molecule has 1 N–H and O–H groups in total. The molecule has 0 aromatic carbocycles. The monoisotopic (exact) mass is 191 g/mol. The van der Waals surface area contributed by atoms with Crippen LogP contribution in [-0.4, -0.2) is 16.5 Å². The molecule has 1 fully saturated rings. The van der Waals surface area contributed by atoms with Crippen LogP contribution in [0.3, 0.4) is 0 Å². The third kappa shape index (κ3) is 1.93. The average Bonchev–Trinajstić information content (AvgIpc) is 2.95. The molecule has 1 aliphatic carbocycles. The first kappa shape index (κ1) is 9.59. The van der Waals surface area contributed by atoms with E-state index in [0.717, 1.165) is 24.6 Å². The van der Waals surface area contributed by atoms with Crippen molar-refractivity contribution in [3.63, 3.8) is 0 Å². The molecule has 1 heterocycles. The second-order valence-electron chi connectivity index (χ2n) is 4.21. The lowest BCUT2D eigenvalue weighted by Crippen LogP contribution is -2.15. The maximum absolute atomic E-state index is 4.57. The zero-order chi connectivity index (χ0) is 10.0. The van der Waals surface area contributed by atoms with Crippen LogP contribution in [-0.2, 0) is 12.0 Å². The predicted octanol–water partition coefficient (Wildman–Crippen LogP) is 1.64. The molecule has 1 saturated carbocycles. The fourth-order valence-corrected chi connectivity index (χ4v) is 1.45. The molecule has 1 aliphatic rings. The van der Waals surface area contributed by atoms with E-state index in [1.165, 1.54) is 12.8 Å². The van der Waals surface area contributed by atoms with Gasteiger partial charge >= 0.3 is 0 Å². The fraction of sp³-hybridized carbons (Fsp3) is 0.636. The van der Waals surface area contributed by atoms with Crippen LogP contribution in [0.2, 0.25) is 0 Å². The van der Waals surface area contributed by atoms with E-state index in [1.807, 2.05) is 12.3 Å². The van der Waals surface area contributed by atoms with Crippen LogP contribution < -0.4 is 5.32 Å². The zero-order valence-corrected chi connectivity index (χ0v) is 8.88. The van der Waals surface area contributed by atoms with Gasteiger partial charge in [0, 0.05) is 18.2 Å². The Kier molecular flexibility index (Phi) is 2.50. The summed E-state index contributed by atoms with van der Waals surface area (Å²) in [6.07, 6.45) is 4.34. The molecule has 0 atom stereocenters. The highest BCUT2D eigenvalue weighted by Gasteiger charge is 2.41. The Morgan fingerprint density at radius 3 is 2.93 bits per heavy atom. The minimum Gasteiger partial charge on any atom is -0.311 e. The molecule has 0 spiro atoms. The highest BCUT2D eigenvalue weighted by Crippen LogP contribution is 2.45. The molecule has 0 amide bonds. The summed E-state index contributed by atoms with van der Waals surface area (Å²) in [5, 5.41) is 3.27. The van der Waals surface area contributed by atoms with Crippen molar-refractivity contribution in [1.82, 2.24) is 15.3 Å². The molecule has 2 rings (SSSR count). The van der Waals surface area contributed by atoms with Crippen molar-refractivity contribution < 1.29 is 0 Å². The van der Waals surface area contributed by atoms with Gasteiger partial charge in [-0.25, -0.2) is 9.97 Å². The lowest BCUT2D eigenvalue weighted by atomic mass is 10.1. The van der Waals surface area contributed by atoms with Gasteiger partial charge < -0.3 is 5.32 Å². The number of nitrogens with zero attached hydrogens (tertiary/aromatic N) is 2. The first-order chi connectivity index (χ1) is 6.74. The molecule has 0 unspecified atom stereocenters. The van der Waals surface area contributed by atoms with Gasteiger partial charge in [-0.3, -0.25) is 0 Å². The highest BCUT2D eigenvalue weighted by atomic mass is 14.9. The zero-order valence-electron chi connectivity index (χ0n) is 8.88. The molecule has 0 saturated heterocycles. The summed E-state index contributed by atoms with van der Waals surface area (Å²) in [5.41, 5.74) is 1.38. The maximum Gasteiger partial charge on any atom is 0.134 e. The van der Waals surface area contributed by atoms with Gasteiger partial charge in [-0.05, 0) is 25.5 Å². The summed E-state index contributed by atoms with van der Waals surface area (Å²) in [4.78, 5) is 8.91. The summed E-state index contributed by atoms with van der Waals surface area (Å²) >= 11 is 0. The van der Waals surface area contributed by atoms with Crippen LogP contribution in [0.15, 0.2) is 12.3 Å². The molecular weight excluding hydrogens is 174 g/mol. The van der Waals surface area contributed by atoms with Crippen LogP contribution in [0, 0.1) is 0 Å². The minimum atomic E-state index is 0.280. The maximum atomic E-state index is 4.57. The summed E-state index contributed by atoms with van der Waals surface area (Å²) in [6, 6.07) is 1.98. The van der Waals surface area contributed by atoms with Crippen molar-refractivity contribution in [2.24, 2.45) is 0 Å². The molecule has 0 bridgehead atoms. The van der Waals surface area contributed by atoms with Gasteiger partial charge in [-0.2, -0.15) is 0 Å². The van der Waals surface area contributed by atoms with E-state index in [2.05, 4.69) is 29.1 Å². The Balaban J connectivity index is 2.11. The fourth-order valence-electron chi connectivity index (χ4n) is 1.45. The summed E-state index contributed by atoms with van der Waals surface area (Å²) in [6.45, 7) is 6.17. The topological polar surface area (TPSA) is 37.8 Å². The van der Waals surface area contributed by atoms with Gasteiger partial charge in [0.1, 0.15) is 5.82 Å². The number of rotatable bonds is 4. The summed E-state index contributed by atoms with van der Waals surface area (Å²) in [7, 11) is 0. The van der Waals surface area contributed by atoms with Crippen LogP contribution in [0.4, 0.5) is 0 Å². The largest absolute Gasteiger partial charge is 0.311 e. The van der Waals surface area contributed by atoms with Gasteiger partial charge in [0.25, 0.3) is 0 Å². The van der Waals surface area contributed by atoms with E-state index in [9.17, 15) is 0 Å². The third-order valence-corrected chi connectivity index (χ3v) is 2.81. The molecule has 3 heteroatoms. The van der Waals surface area contributed by atoms with Crippen LogP contribution in [0.5, 0.6) is 0 Å². The first-order valence-corrected chi connectivity index (χ1v) is 5.28. The molecule has 0 aliphatic heterocycles. The van der Waals surface area contributed by atoms with Crippen LogP contribution in [0.1, 0.15) is 38.2 Å².